The van der Waals surface area contributed by atoms with Gasteiger partial charge in [-0.05, 0) is 61.6 Å². The first kappa shape index (κ1) is 25.3. The number of unbranched alkanes of at least 4 members (excludes halogenated alkanes) is 2. The molecule has 0 aliphatic carbocycles. The Kier molecular flexibility index (Phi) is 7.77. The maximum absolute atomic E-state index is 12.7. The van der Waals surface area contributed by atoms with Crippen LogP contribution in [-0.4, -0.2) is 54.5 Å². The second-order valence-electron chi connectivity index (χ2n) is 10.1. The summed E-state index contributed by atoms with van der Waals surface area (Å²) in [6.45, 7) is 3.06. The van der Waals surface area contributed by atoms with Gasteiger partial charge < -0.3 is 15.3 Å². The fourth-order valence-electron chi connectivity index (χ4n) is 5.00. The molecular formula is C30H34ClN5O. The normalized spacial score (nSPS) is 16.8. The van der Waals surface area contributed by atoms with Gasteiger partial charge in [-0.3, -0.25) is 0 Å². The summed E-state index contributed by atoms with van der Waals surface area (Å²) in [6.07, 6.45) is 4.63. The average molecular weight is 516 g/mol. The van der Waals surface area contributed by atoms with Crippen LogP contribution < -0.4 is 10.4 Å². The molecule has 2 heterocycles. The van der Waals surface area contributed by atoms with E-state index in [0.29, 0.717) is 16.0 Å². The van der Waals surface area contributed by atoms with Crippen LogP contribution in [0.15, 0.2) is 82.9 Å². The van der Waals surface area contributed by atoms with Crippen LogP contribution in [0.1, 0.15) is 36.8 Å². The first-order chi connectivity index (χ1) is 18.0. The minimum atomic E-state index is 0.0144. The van der Waals surface area contributed by atoms with Crippen molar-refractivity contribution in [1.82, 2.24) is 4.90 Å². The van der Waals surface area contributed by atoms with Gasteiger partial charge in [0.05, 0.1) is 31.5 Å². The van der Waals surface area contributed by atoms with E-state index in [9.17, 15) is 5.11 Å². The zero-order chi connectivity index (χ0) is 25.7. The third kappa shape index (κ3) is 6.32. The molecule has 5 rings (SSSR count). The van der Waals surface area contributed by atoms with E-state index in [1.165, 1.54) is 5.56 Å². The molecule has 1 fully saturated rings. The van der Waals surface area contributed by atoms with Crippen molar-refractivity contribution >= 4 is 40.4 Å². The molecule has 37 heavy (non-hydrogen) atoms. The molecule has 7 heteroatoms. The molecule has 0 amide bonds. The van der Waals surface area contributed by atoms with Gasteiger partial charge in [0.1, 0.15) is 18.9 Å². The molecule has 0 radical (unpaired) electrons. The first-order valence-corrected chi connectivity index (χ1v) is 13.5. The summed E-state index contributed by atoms with van der Waals surface area (Å²) in [6, 6.07) is 24.5. The molecule has 2 aliphatic heterocycles. The minimum absolute atomic E-state index is 0.0144. The number of nitrogens with one attached hydrogen (secondary N) is 1. The number of quaternary nitrogens is 1. The SMILES string of the molecule is C[N+]1(/N=C(\[O-])CCCCCc2ccccc2)CCN(C2=Nc3cc(Cl)ccc3Nc3ccccc32)CC1. The number of fused-ring (bicyclic) bond motifs is 2. The quantitative estimate of drug-likeness (QED) is 0.189. The standard InChI is InChI=1S/C30H34ClN5O/c1-36(34-29(37)15-7-3-6-12-23-10-4-2-5-11-23)20-18-35(19-21-36)30-25-13-8-9-14-26(25)32-27-17-16-24(31)22-28(27)33-30/h2,4-5,8-11,13-14,16-17,22H,3,6-7,12,15,18-21H2,1H3,(H-,32,33,34,37). The molecule has 0 unspecified atom stereocenters. The number of hydrogen-bond donors (Lipinski definition) is 1. The molecule has 3 aromatic carbocycles. The highest BCUT2D eigenvalue weighted by molar-refractivity contribution is 6.31. The maximum Gasteiger partial charge on any atom is 0.139 e. The lowest BCUT2D eigenvalue weighted by molar-refractivity contribution is -0.920. The number of amidine groups is 1. The summed E-state index contributed by atoms with van der Waals surface area (Å²) in [5, 5.41) is 21.5. The second kappa shape index (κ2) is 11.4. The van der Waals surface area contributed by atoms with E-state index in [-0.39, 0.29) is 5.90 Å². The smallest absolute Gasteiger partial charge is 0.139 e. The number of aliphatic imine (C=N–C) groups is 1. The molecule has 6 nitrogen and oxygen atoms in total. The Bertz CT molecular complexity index is 1280. The van der Waals surface area contributed by atoms with Crippen molar-refractivity contribution in [2.45, 2.75) is 32.1 Å². The zero-order valence-electron chi connectivity index (χ0n) is 21.4. The van der Waals surface area contributed by atoms with Crippen LogP contribution in [0.5, 0.6) is 0 Å². The Balaban J connectivity index is 1.20. The highest BCUT2D eigenvalue weighted by Gasteiger charge is 2.32. The van der Waals surface area contributed by atoms with E-state index in [4.69, 9.17) is 16.6 Å². The van der Waals surface area contributed by atoms with E-state index in [1.807, 2.05) is 36.4 Å². The van der Waals surface area contributed by atoms with Gasteiger partial charge in [0, 0.05) is 22.2 Å². The van der Waals surface area contributed by atoms with Crippen molar-refractivity contribution in [1.29, 1.82) is 0 Å². The van der Waals surface area contributed by atoms with Crippen LogP contribution in [0.3, 0.4) is 0 Å². The Labute approximate surface area is 224 Å². The lowest BCUT2D eigenvalue weighted by atomic mass is 10.1. The highest BCUT2D eigenvalue weighted by Crippen LogP contribution is 2.36. The van der Waals surface area contributed by atoms with Gasteiger partial charge in [-0.25, -0.2) is 4.99 Å². The van der Waals surface area contributed by atoms with Crippen LogP contribution in [0.4, 0.5) is 17.1 Å². The van der Waals surface area contributed by atoms with Gasteiger partial charge in [-0.1, -0.05) is 60.5 Å². The number of nitrogens with zero attached hydrogens (tertiary/aromatic N) is 4. The number of likely N-dealkylation sites (N-methyl/N-ethyl adjacent to an activating group) is 1. The second-order valence-corrected chi connectivity index (χ2v) is 10.5. The number of aryl methyl sites for hydroxylation is 1. The van der Waals surface area contributed by atoms with Crippen LogP contribution in [0.25, 0.3) is 0 Å². The molecule has 192 valence electrons. The van der Waals surface area contributed by atoms with Crippen LogP contribution in [-0.2, 0) is 6.42 Å². The molecule has 0 spiro atoms. The monoisotopic (exact) mass is 515 g/mol. The predicted octanol–water partition coefficient (Wildman–Crippen LogP) is 5.71. The van der Waals surface area contributed by atoms with Crippen LogP contribution >= 0.6 is 11.6 Å². The molecule has 0 atom stereocenters. The summed E-state index contributed by atoms with van der Waals surface area (Å²) in [5.74, 6) is 0.945. The summed E-state index contributed by atoms with van der Waals surface area (Å²) in [7, 11) is 2.06. The molecule has 0 saturated carbocycles. The number of benzene rings is 3. The average Bonchev–Trinajstić information content (AvgIpc) is 3.06. The zero-order valence-corrected chi connectivity index (χ0v) is 22.1. The van der Waals surface area contributed by atoms with Crippen molar-refractivity contribution in [2.75, 3.05) is 38.5 Å². The Morgan fingerprint density at radius 1 is 0.973 bits per heavy atom. The third-order valence-corrected chi connectivity index (χ3v) is 7.41. The van der Waals surface area contributed by atoms with Crippen LogP contribution in [0.2, 0.25) is 5.02 Å². The van der Waals surface area contributed by atoms with Gasteiger partial charge in [-0.2, -0.15) is 4.59 Å². The molecule has 0 aromatic heterocycles. The summed E-state index contributed by atoms with van der Waals surface area (Å²) in [4.78, 5) is 7.35. The van der Waals surface area contributed by atoms with Crippen molar-refractivity contribution in [3.8, 4) is 0 Å². The largest absolute Gasteiger partial charge is 0.858 e. The van der Waals surface area contributed by atoms with Crippen molar-refractivity contribution in [3.05, 3.63) is 88.9 Å². The first-order valence-electron chi connectivity index (χ1n) is 13.1. The Hall–Kier alpha value is -3.35. The molecule has 2 aliphatic rings. The number of anilines is 2. The van der Waals surface area contributed by atoms with Gasteiger partial charge in [0.15, 0.2) is 0 Å². The number of hydrogen-bond acceptors (Lipinski definition) is 5. The van der Waals surface area contributed by atoms with E-state index < -0.39 is 0 Å². The maximum atomic E-state index is 12.7. The van der Waals surface area contributed by atoms with E-state index in [1.54, 1.807) is 0 Å². The van der Waals surface area contributed by atoms with Crippen molar-refractivity contribution in [3.63, 3.8) is 0 Å². The molecule has 1 saturated heterocycles. The number of halogens is 1. The van der Waals surface area contributed by atoms with Gasteiger partial charge in [0.25, 0.3) is 0 Å². The van der Waals surface area contributed by atoms with Crippen LogP contribution in [0, 0.1) is 0 Å². The van der Waals surface area contributed by atoms with E-state index in [0.717, 1.165) is 80.3 Å². The Morgan fingerprint density at radius 3 is 2.54 bits per heavy atom. The van der Waals surface area contributed by atoms with E-state index in [2.05, 4.69) is 58.8 Å². The number of rotatable bonds is 7. The number of para-hydroxylation sites is 1. The summed E-state index contributed by atoms with van der Waals surface area (Å²) >= 11 is 6.28. The minimum Gasteiger partial charge on any atom is -0.858 e. The lowest BCUT2D eigenvalue weighted by Crippen LogP contribution is -2.56. The van der Waals surface area contributed by atoms with Gasteiger partial charge in [-0.15, -0.1) is 5.10 Å². The molecule has 0 bridgehead atoms. The van der Waals surface area contributed by atoms with E-state index >= 15 is 0 Å². The summed E-state index contributed by atoms with van der Waals surface area (Å²) in [5.41, 5.74) is 5.21. The van der Waals surface area contributed by atoms with Crippen molar-refractivity contribution in [2.24, 2.45) is 10.1 Å². The molecule has 3 aromatic rings. The fraction of sp³-hybridized carbons (Fsp3) is 0.333. The van der Waals surface area contributed by atoms with Gasteiger partial charge >= 0.3 is 0 Å². The highest BCUT2D eigenvalue weighted by atomic mass is 35.5. The van der Waals surface area contributed by atoms with Crippen molar-refractivity contribution < 1.29 is 9.70 Å². The number of piperazine rings is 1. The molecular weight excluding hydrogens is 482 g/mol. The predicted molar refractivity (Wildman–Crippen MR) is 151 cm³/mol. The van der Waals surface area contributed by atoms with Gasteiger partial charge in [0.2, 0.25) is 0 Å². The topological polar surface area (TPSA) is 63.1 Å². The fourth-order valence-corrected chi connectivity index (χ4v) is 5.17. The third-order valence-electron chi connectivity index (χ3n) is 7.18. The Morgan fingerprint density at radius 2 is 1.73 bits per heavy atom. The molecule has 1 N–H and O–H groups in total. The lowest BCUT2D eigenvalue weighted by Gasteiger charge is -2.39. The summed E-state index contributed by atoms with van der Waals surface area (Å²) < 4.78 is 0.426.